The standard InChI is InChI=1S/C11H22N2O3/c1-3-13(4-2)11(16)10(15)12-8-6-5-7-9-14/h14H,3-9H2,1-2H3,(H,12,15). The number of nitrogens with one attached hydrogen (secondary N) is 1. The van der Waals surface area contributed by atoms with E-state index in [2.05, 4.69) is 5.32 Å². The number of hydrogen-bond acceptors (Lipinski definition) is 3. The molecule has 0 atom stereocenters. The molecule has 0 aromatic carbocycles. The molecule has 0 aromatic rings. The summed E-state index contributed by atoms with van der Waals surface area (Å²) in [5.41, 5.74) is 0. The lowest BCUT2D eigenvalue weighted by atomic mass is 10.2. The van der Waals surface area contributed by atoms with Crippen molar-refractivity contribution < 1.29 is 14.7 Å². The van der Waals surface area contributed by atoms with Crippen molar-refractivity contribution in [2.45, 2.75) is 33.1 Å². The summed E-state index contributed by atoms with van der Waals surface area (Å²) in [6, 6.07) is 0. The Bertz CT molecular complexity index is 215. The van der Waals surface area contributed by atoms with E-state index in [0.29, 0.717) is 19.6 Å². The van der Waals surface area contributed by atoms with Gasteiger partial charge in [0.1, 0.15) is 0 Å². The molecule has 5 nitrogen and oxygen atoms in total. The molecule has 0 spiro atoms. The van der Waals surface area contributed by atoms with Crippen LogP contribution < -0.4 is 5.32 Å². The highest BCUT2D eigenvalue weighted by Gasteiger charge is 2.17. The molecule has 94 valence electrons. The first kappa shape index (κ1) is 14.9. The molecule has 0 saturated carbocycles. The molecule has 0 aliphatic heterocycles. The van der Waals surface area contributed by atoms with Gasteiger partial charge >= 0.3 is 11.8 Å². The van der Waals surface area contributed by atoms with Gasteiger partial charge < -0.3 is 15.3 Å². The van der Waals surface area contributed by atoms with Gasteiger partial charge in [0.05, 0.1) is 0 Å². The molecule has 5 heteroatoms. The van der Waals surface area contributed by atoms with E-state index in [9.17, 15) is 9.59 Å². The minimum absolute atomic E-state index is 0.173. The van der Waals surface area contributed by atoms with Crippen LogP contribution in [0.3, 0.4) is 0 Å². The first-order valence-electron chi connectivity index (χ1n) is 5.85. The van der Waals surface area contributed by atoms with E-state index in [4.69, 9.17) is 5.11 Å². The van der Waals surface area contributed by atoms with Crippen molar-refractivity contribution in [3.63, 3.8) is 0 Å². The summed E-state index contributed by atoms with van der Waals surface area (Å²) in [6.07, 6.45) is 2.38. The molecular weight excluding hydrogens is 208 g/mol. The Balaban J connectivity index is 3.75. The lowest BCUT2D eigenvalue weighted by Crippen LogP contribution is -2.43. The van der Waals surface area contributed by atoms with Crippen molar-refractivity contribution in [2.75, 3.05) is 26.2 Å². The summed E-state index contributed by atoms with van der Waals surface area (Å²) in [5, 5.41) is 11.1. The fraction of sp³-hybridized carbons (Fsp3) is 0.818. The van der Waals surface area contributed by atoms with Crippen LogP contribution in [0.25, 0.3) is 0 Å². The van der Waals surface area contributed by atoms with Gasteiger partial charge in [0, 0.05) is 26.2 Å². The summed E-state index contributed by atoms with van der Waals surface area (Å²) in [7, 11) is 0. The maximum Gasteiger partial charge on any atom is 0.311 e. The second kappa shape index (κ2) is 9.15. The highest BCUT2D eigenvalue weighted by Crippen LogP contribution is 1.93. The Kier molecular flexibility index (Phi) is 8.52. The van der Waals surface area contributed by atoms with Crippen LogP contribution >= 0.6 is 0 Å². The number of aliphatic hydroxyl groups is 1. The number of aliphatic hydroxyl groups excluding tert-OH is 1. The highest BCUT2D eigenvalue weighted by atomic mass is 16.3. The SMILES string of the molecule is CCN(CC)C(=O)C(=O)NCCCCCO. The molecule has 0 saturated heterocycles. The molecule has 16 heavy (non-hydrogen) atoms. The van der Waals surface area contributed by atoms with Crippen LogP contribution in [0.2, 0.25) is 0 Å². The molecule has 0 rings (SSSR count). The summed E-state index contributed by atoms with van der Waals surface area (Å²) >= 11 is 0. The van der Waals surface area contributed by atoms with E-state index in [1.54, 1.807) is 0 Å². The van der Waals surface area contributed by atoms with E-state index >= 15 is 0 Å². The zero-order valence-electron chi connectivity index (χ0n) is 10.2. The molecule has 0 aliphatic carbocycles. The number of nitrogens with zero attached hydrogens (tertiary/aromatic N) is 1. The molecule has 0 radical (unpaired) electrons. The predicted octanol–water partition coefficient (Wildman–Crippen LogP) is 0.134. The lowest BCUT2D eigenvalue weighted by molar-refractivity contribution is -0.145. The van der Waals surface area contributed by atoms with Crippen molar-refractivity contribution in [1.82, 2.24) is 10.2 Å². The van der Waals surface area contributed by atoms with Crippen LogP contribution in [0.5, 0.6) is 0 Å². The van der Waals surface area contributed by atoms with Gasteiger partial charge in [0.15, 0.2) is 0 Å². The number of carbonyl (C=O) groups is 2. The summed E-state index contributed by atoms with van der Waals surface area (Å²) in [6.45, 7) is 5.45. The summed E-state index contributed by atoms with van der Waals surface area (Å²) in [4.78, 5) is 24.4. The number of rotatable bonds is 7. The predicted molar refractivity (Wildman–Crippen MR) is 61.9 cm³/mol. The smallest absolute Gasteiger partial charge is 0.311 e. The van der Waals surface area contributed by atoms with Gasteiger partial charge in [-0.25, -0.2) is 0 Å². The van der Waals surface area contributed by atoms with Crippen molar-refractivity contribution in [1.29, 1.82) is 0 Å². The maximum atomic E-state index is 11.5. The number of likely N-dealkylation sites (N-methyl/N-ethyl adjacent to an activating group) is 1. The average molecular weight is 230 g/mol. The lowest BCUT2D eigenvalue weighted by Gasteiger charge is -2.17. The van der Waals surface area contributed by atoms with Crippen molar-refractivity contribution in [3.05, 3.63) is 0 Å². The van der Waals surface area contributed by atoms with Crippen LogP contribution in [0.4, 0.5) is 0 Å². The fourth-order valence-corrected chi connectivity index (χ4v) is 1.35. The Morgan fingerprint density at radius 3 is 2.25 bits per heavy atom. The first-order chi connectivity index (χ1) is 7.67. The van der Waals surface area contributed by atoms with Crippen molar-refractivity contribution in [2.24, 2.45) is 0 Å². The van der Waals surface area contributed by atoms with Gasteiger partial charge in [-0.2, -0.15) is 0 Å². The van der Waals surface area contributed by atoms with Crippen LogP contribution in [0.1, 0.15) is 33.1 Å². The summed E-state index contributed by atoms with van der Waals surface area (Å²) in [5.74, 6) is -1.00. The topological polar surface area (TPSA) is 69.6 Å². The molecule has 2 amide bonds. The fourth-order valence-electron chi connectivity index (χ4n) is 1.35. The monoisotopic (exact) mass is 230 g/mol. The van der Waals surface area contributed by atoms with E-state index < -0.39 is 11.8 Å². The average Bonchev–Trinajstić information content (AvgIpc) is 2.30. The number of amides is 2. The van der Waals surface area contributed by atoms with Crippen LogP contribution in [0, 0.1) is 0 Å². The highest BCUT2D eigenvalue weighted by molar-refractivity contribution is 6.34. The van der Waals surface area contributed by atoms with Gasteiger partial charge in [-0.15, -0.1) is 0 Å². The molecule has 2 N–H and O–H groups in total. The van der Waals surface area contributed by atoms with E-state index in [0.717, 1.165) is 19.3 Å². The zero-order valence-corrected chi connectivity index (χ0v) is 10.2. The van der Waals surface area contributed by atoms with Crippen LogP contribution in [-0.4, -0.2) is 48.1 Å². The second-order valence-electron chi connectivity index (χ2n) is 3.52. The Hall–Kier alpha value is -1.10. The third kappa shape index (κ3) is 5.70. The van der Waals surface area contributed by atoms with E-state index in [1.807, 2.05) is 13.8 Å². The Labute approximate surface area is 96.8 Å². The van der Waals surface area contributed by atoms with Gasteiger partial charge in [-0.3, -0.25) is 9.59 Å². The van der Waals surface area contributed by atoms with Gasteiger partial charge in [-0.1, -0.05) is 0 Å². The minimum atomic E-state index is -0.535. The number of carbonyl (C=O) groups excluding carboxylic acids is 2. The maximum absolute atomic E-state index is 11.5. The van der Waals surface area contributed by atoms with Gasteiger partial charge in [-0.05, 0) is 33.1 Å². The summed E-state index contributed by atoms with van der Waals surface area (Å²) < 4.78 is 0. The van der Waals surface area contributed by atoms with Crippen molar-refractivity contribution >= 4 is 11.8 Å². The van der Waals surface area contributed by atoms with Gasteiger partial charge in [0.2, 0.25) is 0 Å². The van der Waals surface area contributed by atoms with E-state index in [-0.39, 0.29) is 6.61 Å². The van der Waals surface area contributed by atoms with E-state index in [1.165, 1.54) is 4.90 Å². The molecule has 0 aliphatic rings. The Morgan fingerprint density at radius 2 is 1.75 bits per heavy atom. The molecule has 0 bridgehead atoms. The number of hydrogen-bond donors (Lipinski definition) is 2. The Morgan fingerprint density at radius 1 is 1.12 bits per heavy atom. The normalized spacial score (nSPS) is 9.94. The largest absolute Gasteiger partial charge is 0.396 e. The first-order valence-corrected chi connectivity index (χ1v) is 5.85. The van der Waals surface area contributed by atoms with Crippen LogP contribution in [0.15, 0.2) is 0 Å². The minimum Gasteiger partial charge on any atom is -0.396 e. The van der Waals surface area contributed by atoms with Crippen LogP contribution in [-0.2, 0) is 9.59 Å². The molecular formula is C11H22N2O3. The quantitative estimate of drug-likeness (QED) is 0.482. The third-order valence-electron chi connectivity index (χ3n) is 2.37. The zero-order chi connectivity index (χ0) is 12.4. The molecule has 0 aromatic heterocycles. The van der Waals surface area contributed by atoms with Crippen molar-refractivity contribution in [3.8, 4) is 0 Å². The molecule has 0 fully saturated rings. The van der Waals surface area contributed by atoms with Gasteiger partial charge in [0.25, 0.3) is 0 Å². The number of unbranched alkanes of at least 4 members (excludes halogenated alkanes) is 2. The second-order valence-corrected chi connectivity index (χ2v) is 3.52. The molecule has 0 unspecified atom stereocenters. The molecule has 0 heterocycles. The third-order valence-corrected chi connectivity index (χ3v) is 2.37.